The summed E-state index contributed by atoms with van der Waals surface area (Å²) in [5.74, 6) is 0.518. The van der Waals surface area contributed by atoms with E-state index in [-0.39, 0.29) is 11.4 Å². The van der Waals surface area contributed by atoms with Crippen LogP contribution in [0.25, 0.3) is 0 Å². The second kappa shape index (κ2) is 7.02. The highest BCUT2D eigenvalue weighted by molar-refractivity contribution is 7.89. The number of hydrogen-bond donors (Lipinski definition) is 0. The van der Waals surface area contributed by atoms with Crippen molar-refractivity contribution in [2.45, 2.75) is 24.4 Å². The predicted octanol–water partition coefficient (Wildman–Crippen LogP) is 1.73. The SMILES string of the molecule is CN(Cc1ccncc1)S(=O)(=O)c1cnn(CCCCl)c1. The fourth-order valence-corrected chi connectivity index (χ4v) is 3.07. The zero-order valence-electron chi connectivity index (χ0n) is 11.7. The summed E-state index contributed by atoms with van der Waals surface area (Å²) >= 11 is 5.62. The molecule has 0 fully saturated rings. The molecular weight excluding hydrogens is 312 g/mol. The molecule has 0 bridgehead atoms. The lowest BCUT2D eigenvalue weighted by Gasteiger charge is -2.15. The van der Waals surface area contributed by atoms with E-state index < -0.39 is 10.0 Å². The van der Waals surface area contributed by atoms with Gasteiger partial charge in [0, 0.05) is 44.6 Å². The van der Waals surface area contributed by atoms with Crippen LogP contribution in [0.5, 0.6) is 0 Å². The third kappa shape index (κ3) is 4.03. The molecule has 2 rings (SSSR count). The summed E-state index contributed by atoms with van der Waals surface area (Å²) in [5, 5.41) is 4.05. The molecule has 6 nitrogen and oxygen atoms in total. The highest BCUT2D eigenvalue weighted by Crippen LogP contribution is 2.16. The highest BCUT2D eigenvalue weighted by atomic mass is 35.5. The molecule has 0 aliphatic carbocycles. The van der Waals surface area contributed by atoms with Crippen molar-refractivity contribution < 1.29 is 8.42 Å². The minimum absolute atomic E-state index is 0.189. The summed E-state index contributed by atoms with van der Waals surface area (Å²) in [6.07, 6.45) is 6.92. The van der Waals surface area contributed by atoms with Gasteiger partial charge < -0.3 is 0 Å². The monoisotopic (exact) mass is 328 g/mol. The molecule has 2 aromatic rings. The topological polar surface area (TPSA) is 68.1 Å². The molecule has 2 heterocycles. The van der Waals surface area contributed by atoms with Gasteiger partial charge in [-0.3, -0.25) is 9.67 Å². The predicted molar refractivity (Wildman–Crippen MR) is 80.5 cm³/mol. The van der Waals surface area contributed by atoms with Gasteiger partial charge in [-0.1, -0.05) is 0 Å². The first kappa shape index (κ1) is 15.9. The van der Waals surface area contributed by atoms with E-state index in [4.69, 9.17) is 11.6 Å². The van der Waals surface area contributed by atoms with Gasteiger partial charge in [-0.05, 0) is 24.1 Å². The van der Waals surface area contributed by atoms with Crippen LogP contribution in [-0.2, 0) is 23.1 Å². The summed E-state index contributed by atoms with van der Waals surface area (Å²) < 4.78 is 27.8. The average molecular weight is 329 g/mol. The van der Waals surface area contributed by atoms with Crippen LogP contribution in [0.4, 0.5) is 0 Å². The van der Waals surface area contributed by atoms with Crippen molar-refractivity contribution in [3.8, 4) is 0 Å². The number of aryl methyl sites for hydroxylation is 1. The Kier molecular flexibility index (Phi) is 5.33. The van der Waals surface area contributed by atoms with Crippen LogP contribution in [0.2, 0.25) is 0 Å². The second-order valence-corrected chi connectivity index (χ2v) is 7.02. The van der Waals surface area contributed by atoms with Gasteiger partial charge in [-0.2, -0.15) is 9.40 Å². The maximum Gasteiger partial charge on any atom is 0.246 e. The zero-order valence-corrected chi connectivity index (χ0v) is 13.3. The number of hydrogen-bond acceptors (Lipinski definition) is 4. The van der Waals surface area contributed by atoms with Crippen LogP contribution in [0, 0.1) is 0 Å². The van der Waals surface area contributed by atoms with Crippen LogP contribution < -0.4 is 0 Å². The van der Waals surface area contributed by atoms with E-state index in [1.165, 1.54) is 16.7 Å². The Hall–Kier alpha value is -1.44. The molecule has 0 atom stereocenters. The lowest BCUT2D eigenvalue weighted by Crippen LogP contribution is -2.26. The fourth-order valence-electron chi connectivity index (χ4n) is 1.83. The van der Waals surface area contributed by atoms with Crippen LogP contribution in [0.3, 0.4) is 0 Å². The summed E-state index contributed by atoms with van der Waals surface area (Å²) in [5.41, 5.74) is 0.880. The molecule has 2 aromatic heterocycles. The maximum atomic E-state index is 12.5. The minimum Gasteiger partial charge on any atom is -0.271 e. The van der Waals surface area contributed by atoms with Crippen LogP contribution in [0.15, 0.2) is 41.8 Å². The number of aromatic nitrogens is 3. The Balaban J connectivity index is 2.11. The third-order valence-corrected chi connectivity index (χ3v) is 5.02. The van der Waals surface area contributed by atoms with Crippen molar-refractivity contribution >= 4 is 21.6 Å². The maximum absolute atomic E-state index is 12.5. The Morgan fingerprint density at radius 2 is 2.05 bits per heavy atom. The van der Waals surface area contributed by atoms with Gasteiger partial charge in [0.2, 0.25) is 10.0 Å². The molecule has 114 valence electrons. The molecule has 21 heavy (non-hydrogen) atoms. The van der Waals surface area contributed by atoms with Gasteiger partial charge in [0.1, 0.15) is 4.90 Å². The second-order valence-electron chi connectivity index (χ2n) is 4.60. The first-order valence-corrected chi connectivity index (χ1v) is 8.45. The van der Waals surface area contributed by atoms with Crippen LogP contribution in [0.1, 0.15) is 12.0 Å². The first-order chi connectivity index (χ1) is 10.0. The van der Waals surface area contributed by atoms with Gasteiger partial charge in [-0.15, -0.1) is 11.6 Å². The summed E-state index contributed by atoms with van der Waals surface area (Å²) in [7, 11) is -2.00. The summed E-state index contributed by atoms with van der Waals surface area (Å²) in [6, 6.07) is 3.58. The molecule has 8 heteroatoms. The number of halogens is 1. The third-order valence-electron chi connectivity index (χ3n) is 2.99. The molecule has 0 radical (unpaired) electrons. The van der Waals surface area contributed by atoms with E-state index in [1.54, 1.807) is 36.3 Å². The summed E-state index contributed by atoms with van der Waals surface area (Å²) in [4.78, 5) is 4.10. The van der Waals surface area contributed by atoms with Crippen molar-refractivity contribution in [1.29, 1.82) is 0 Å². The Morgan fingerprint density at radius 1 is 1.33 bits per heavy atom. The van der Waals surface area contributed by atoms with E-state index in [0.717, 1.165) is 12.0 Å². The number of alkyl halides is 1. The van der Waals surface area contributed by atoms with Crippen molar-refractivity contribution in [2.75, 3.05) is 12.9 Å². The molecule has 0 aliphatic heterocycles. The van der Waals surface area contributed by atoms with Crippen molar-refractivity contribution in [3.05, 3.63) is 42.5 Å². The Morgan fingerprint density at radius 3 is 2.71 bits per heavy atom. The largest absolute Gasteiger partial charge is 0.271 e. The summed E-state index contributed by atoms with van der Waals surface area (Å²) in [6.45, 7) is 0.894. The molecule has 0 amide bonds. The Labute approximate surface area is 129 Å². The van der Waals surface area contributed by atoms with Crippen molar-refractivity contribution in [1.82, 2.24) is 19.1 Å². The Bertz CT molecular complexity index is 672. The fraction of sp³-hybridized carbons (Fsp3) is 0.385. The standard InChI is InChI=1S/C13H17ClN4O2S/c1-17(10-12-3-6-15-7-4-12)21(19,20)13-9-16-18(11-13)8-2-5-14/h3-4,6-7,9,11H,2,5,8,10H2,1H3. The van der Waals surface area contributed by atoms with E-state index in [0.29, 0.717) is 12.4 Å². The van der Waals surface area contributed by atoms with Gasteiger partial charge >= 0.3 is 0 Å². The van der Waals surface area contributed by atoms with Crippen LogP contribution in [-0.4, -0.2) is 40.4 Å². The number of sulfonamides is 1. The van der Waals surface area contributed by atoms with E-state index >= 15 is 0 Å². The smallest absolute Gasteiger partial charge is 0.246 e. The number of rotatable bonds is 7. The normalized spacial score (nSPS) is 12.0. The number of pyridine rings is 1. The first-order valence-electron chi connectivity index (χ1n) is 6.47. The molecule has 0 saturated heterocycles. The van der Waals surface area contributed by atoms with Gasteiger partial charge in [0.15, 0.2) is 0 Å². The average Bonchev–Trinajstić information content (AvgIpc) is 2.95. The molecule has 0 spiro atoms. The van der Waals surface area contributed by atoms with Crippen molar-refractivity contribution in [3.63, 3.8) is 0 Å². The molecular formula is C13H17ClN4O2S. The molecule has 0 N–H and O–H groups in total. The van der Waals surface area contributed by atoms with Crippen LogP contribution >= 0.6 is 11.6 Å². The molecule has 0 aromatic carbocycles. The quantitative estimate of drug-likeness (QED) is 0.726. The van der Waals surface area contributed by atoms with Gasteiger partial charge in [-0.25, -0.2) is 8.42 Å². The molecule has 0 unspecified atom stereocenters. The van der Waals surface area contributed by atoms with Gasteiger partial charge in [0.25, 0.3) is 0 Å². The lowest BCUT2D eigenvalue weighted by atomic mass is 10.3. The van der Waals surface area contributed by atoms with E-state index in [9.17, 15) is 8.42 Å². The lowest BCUT2D eigenvalue weighted by molar-refractivity contribution is 0.466. The van der Waals surface area contributed by atoms with E-state index in [2.05, 4.69) is 10.1 Å². The highest BCUT2D eigenvalue weighted by Gasteiger charge is 2.22. The van der Waals surface area contributed by atoms with Gasteiger partial charge in [0.05, 0.1) is 6.20 Å². The number of nitrogens with zero attached hydrogens (tertiary/aromatic N) is 4. The zero-order chi connectivity index (χ0) is 15.3. The minimum atomic E-state index is -3.54. The molecule has 0 aliphatic rings. The van der Waals surface area contributed by atoms with Crippen molar-refractivity contribution in [2.24, 2.45) is 0 Å². The van der Waals surface area contributed by atoms with E-state index in [1.807, 2.05) is 0 Å². The molecule has 0 saturated carbocycles.